The number of para-hydroxylation sites is 2. The number of hydrogen-bond donors (Lipinski definition) is 0. The van der Waals surface area contributed by atoms with E-state index in [4.69, 9.17) is 0 Å². The van der Waals surface area contributed by atoms with Crippen LogP contribution in [-0.2, 0) is 6.42 Å². The molecule has 0 bridgehead atoms. The van der Waals surface area contributed by atoms with E-state index >= 15 is 0 Å². The second kappa shape index (κ2) is 17.7. The summed E-state index contributed by atoms with van der Waals surface area (Å²) in [6.07, 6.45) is 20.0. The van der Waals surface area contributed by atoms with Gasteiger partial charge in [-0.15, -0.1) is 0 Å². The zero-order valence-electron chi connectivity index (χ0n) is 32.5. The zero-order chi connectivity index (χ0) is 38.0. The number of aryl methyl sites for hydroxylation is 2. The summed E-state index contributed by atoms with van der Waals surface area (Å²) >= 11 is 0. The van der Waals surface area contributed by atoms with Crippen molar-refractivity contribution in [1.82, 2.24) is 9.55 Å². The van der Waals surface area contributed by atoms with Crippen molar-refractivity contribution in [3.8, 4) is 39.2 Å². The maximum Gasteiger partial charge on any atom is 0.0711 e. The Labute approximate surface area is 326 Å². The molecule has 0 saturated heterocycles. The minimum absolute atomic E-state index is 1.03. The van der Waals surface area contributed by atoms with Crippen LogP contribution in [-0.4, -0.2) is 9.55 Å². The Hall–Kier alpha value is -6.25. The monoisotopic (exact) mass is 714 g/mol. The lowest BCUT2D eigenvalue weighted by Crippen LogP contribution is -2.30. The number of allylic oxidation sites excluding steroid dienone is 6. The fourth-order valence-electron chi connectivity index (χ4n) is 7.66. The van der Waals surface area contributed by atoms with E-state index in [1.807, 2.05) is 31.2 Å². The lowest BCUT2D eigenvalue weighted by molar-refractivity contribution is 0.919. The molecule has 0 aliphatic heterocycles. The van der Waals surface area contributed by atoms with E-state index in [2.05, 4.69) is 188 Å². The molecule has 272 valence electrons. The second-order valence-corrected chi connectivity index (χ2v) is 14.0. The van der Waals surface area contributed by atoms with Crippen molar-refractivity contribution in [2.24, 2.45) is 0 Å². The maximum absolute atomic E-state index is 4.63. The highest BCUT2D eigenvalue weighted by Gasteiger charge is 2.17. The number of pyridine rings is 1. The minimum Gasteiger partial charge on any atom is -0.309 e. The zero-order valence-corrected chi connectivity index (χ0v) is 32.5. The molecular weight excluding hydrogens is 665 g/mol. The lowest BCUT2D eigenvalue weighted by Gasteiger charge is -2.15. The average molecular weight is 715 g/mol. The molecule has 0 atom stereocenters. The van der Waals surface area contributed by atoms with Crippen molar-refractivity contribution in [2.75, 3.05) is 0 Å². The molecule has 5 aromatic carbocycles. The molecule has 0 radical (unpaired) electrons. The van der Waals surface area contributed by atoms with E-state index in [0.29, 0.717) is 0 Å². The first-order valence-corrected chi connectivity index (χ1v) is 19.7. The van der Waals surface area contributed by atoms with Crippen molar-refractivity contribution < 1.29 is 0 Å². The van der Waals surface area contributed by atoms with E-state index in [1.165, 1.54) is 66.1 Å². The molecule has 0 spiro atoms. The standard InChI is InChI=1S/C35H35N.C18H15N/c1-4-7-9-16-26(6-3)33-25-28(24-23-27(33)15-5-2)30-20-14-21-32-31-19-12-13-22-34(31)36(35(30)32)29-17-10-8-11-18-29;1-14-12-17(15-8-4-2-5-9-15)13-18(19-14)16-10-6-3-7-11-16/h4,6-11,14,16-25H,5,12-13,15H2,1-3H3;2-13H,1H3/b7-4-,16-9-,26-6-;. The van der Waals surface area contributed by atoms with Gasteiger partial charge in [-0.3, -0.25) is 4.98 Å². The molecule has 0 saturated carbocycles. The highest BCUT2D eigenvalue weighted by Crippen LogP contribution is 2.33. The van der Waals surface area contributed by atoms with Crippen LogP contribution < -0.4 is 10.6 Å². The molecule has 2 nitrogen and oxygen atoms in total. The van der Waals surface area contributed by atoms with Gasteiger partial charge in [0.15, 0.2) is 0 Å². The first-order valence-electron chi connectivity index (χ1n) is 19.7. The predicted molar refractivity (Wildman–Crippen MR) is 238 cm³/mol. The highest BCUT2D eigenvalue weighted by molar-refractivity contribution is 5.97. The SMILES string of the molecule is C\C=C/C=C\C(=C\C)c1cc(-c2cccc3c4c(n(-c5ccccc5)c23)=CCCC=4)ccc1CCC.Cc1cc(-c2ccccc2)cc(-c2ccccc2)n1. The van der Waals surface area contributed by atoms with Gasteiger partial charge in [0.25, 0.3) is 0 Å². The maximum atomic E-state index is 4.63. The van der Waals surface area contributed by atoms with Gasteiger partial charge in [0.1, 0.15) is 0 Å². The van der Waals surface area contributed by atoms with Crippen molar-refractivity contribution in [1.29, 1.82) is 0 Å². The van der Waals surface area contributed by atoms with E-state index < -0.39 is 0 Å². The van der Waals surface area contributed by atoms with Crippen molar-refractivity contribution in [3.63, 3.8) is 0 Å². The van der Waals surface area contributed by atoms with Crippen LogP contribution in [0.4, 0.5) is 0 Å². The van der Waals surface area contributed by atoms with Gasteiger partial charge in [-0.2, -0.15) is 0 Å². The third kappa shape index (κ3) is 8.30. The van der Waals surface area contributed by atoms with Crippen molar-refractivity contribution >= 4 is 28.6 Å². The van der Waals surface area contributed by atoms with Gasteiger partial charge in [-0.25, -0.2) is 0 Å². The smallest absolute Gasteiger partial charge is 0.0711 e. The van der Waals surface area contributed by atoms with E-state index in [-0.39, 0.29) is 0 Å². The van der Waals surface area contributed by atoms with Gasteiger partial charge >= 0.3 is 0 Å². The van der Waals surface area contributed by atoms with Crippen molar-refractivity contribution in [2.45, 2.75) is 53.4 Å². The molecule has 2 heterocycles. The average Bonchev–Trinajstić information content (AvgIpc) is 3.58. The first-order chi connectivity index (χ1) is 27.1. The summed E-state index contributed by atoms with van der Waals surface area (Å²) in [5.74, 6) is 0. The largest absolute Gasteiger partial charge is 0.309 e. The van der Waals surface area contributed by atoms with Crippen LogP contribution >= 0.6 is 0 Å². The van der Waals surface area contributed by atoms with E-state index in [1.54, 1.807) is 0 Å². The fraction of sp³-hybridized carbons (Fsp3) is 0.151. The molecular formula is C53H50N2. The van der Waals surface area contributed by atoms with Crippen LogP contribution in [0.2, 0.25) is 0 Å². The number of benzene rings is 5. The number of nitrogens with zero attached hydrogens (tertiary/aromatic N) is 2. The van der Waals surface area contributed by atoms with Gasteiger partial charge in [-0.1, -0.05) is 165 Å². The molecule has 55 heavy (non-hydrogen) atoms. The summed E-state index contributed by atoms with van der Waals surface area (Å²) in [7, 11) is 0. The van der Waals surface area contributed by atoms with Crippen LogP contribution in [0.15, 0.2) is 170 Å². The Balaban J connectivity index is 0.000000205. The quantitative estimate of drug-likeness (QED) is 0.136. The summed E-state index contributed by atoms with van der Waals surface area (Å²) in [6.45, 7) is 8.49. The third-order valence-corrected chi connectivity index (χ3v) is 10.2. The van der Waals surface area contributed by atoms with Crippen molar-refractivity contribution in [3.05, 3.63) is 197 Å². The Morgan fingerprint density at radius 1 is 0.673 bits per heavy atom. The number of fused-ring (bicyclic) bond motifs is 3. The Kier molecular flexibility index (Phi) is 11.9. The first kappa shape index (κ1) is 37.1. The Bertz CT molecular complexity index is 2550. The fourth-order valence-corrected chi connectivity index (χ4v) is 7.66. The summed E-state index contributed by atoms with van der Waals surface area (Å²) in [6, 6.07) is 49.7. The molecule has 0 unspecified atom stereocenters. The van der Waals surface area contributed by atoms with Crippen LogP contribution in [0.5, 0.6) is 0 Å². The summed E-state index contributed by atoms with van der Waals surface area (Å²) in [5, 5.41) is 4.02. The van der Waals surface area contributed by atoms with Gasteiger partial charge < -0.3 is 4.57 Å². The molecule has 1 aliphatic carbocycles. The molecule has 1 aliphatic rings. The molecule has 7 aromatic rings. The van der Waals surface area contributed by atoms with Crippen LogP contribution in [0, 0.1) is 6.92 Å². The molecule has 0 fully saturated rings. The van der Waals surface area contributed by atoms with Gasteiger partial charge in [0, 0.05) is 38.5 Å². The van der Waals surface area contributed by atoms with Gasteiger partial charge in [0.2, 0.25) is 0 Å². The lowest BCUT2D eigenvalue weighted by atomic mass is 9.91. The third-order valence-electron chi connectivity index (χ3n) is 10.2. The van der Waals surface area contributed by atoms with Gasteiger partial charge in [0.05, 0.1) is 11.2 Å². The molecule has 2 heteroatoms. The summed E-state index contributed by atoms with van der Waals surface area (Å²) in [4.78, 5) is 4.63. The summed E-state index contributed by atoms with van der Waals surface area (Å²) in [5.41, 5.74) is 14.7. The molecule has 2 aromatic heterocycles. The topological polar surface area (TPSA) is 17.8 Å². The number of rotatable bonds is 9. The second-order valence-electron chi connectivity index (χ2n) is 14.0. The van der Waals surface area contributed by atoms with Crippen LogP contribution in [0.1, 0.15) is 56.9 Å². The Morgan fingerprint density at radius 3 is 2.09 bits per heavy atom. The van der Waals surface area contributed by atoms with E-state index in [9.17, 15) is 0 Å². The number of hydrogen-bond acceptors (Lipinski definition) is 1. The molecule has 8 rings (SSSR count). The van der Waals surface area contributed by atoms with Crippen LogP contribution in [0.25, 0.3) is 67.8 Å². The highest BCUT2D eigenvalue weighted by atomic mass is 15.0. The predicted octanol–water partition coefficient (Wildman–Crippen LogP) is 12.9. The van der Waals surface area contributed by atoms with Gasteiger partial charge in [-0.05, 0) is 104 Å². The molecule has 0 N–H and O–H groups in total. The normalized spacial score (nSPS) is 12.6. The van der Waals surface area contributed by atoms with E-state index in [0.717, 1.165) is 42.6 Å². The minimum atomic E-state index is 1.03. The Morgan fingerprint density at radius 2 is 1.38 bits per heavy atom. The van der Waals surface area contributed by atoms with Crippen LogP contribution in [0.3, 0.4) is 0 Å². The number of aromatic nitrogens is 2. The molecule has 0 amide bonds. The summed E-state index contributed by atoms with van der Waals surface area (Å²) < 4.78 is 2.47.